The summed E-state index contributed by atoms with van der Waals surface area (Å²) in [6.45, 7) is 4.85. The van der Waals surface area contributed by atoms with Crippen LogP contribution in [-0.2, 0) is 9.53 Å². The average molecular weight is 280 g/mol. The lowest BCUT2D eigenvalue weighted by atomic mass is 10.2. The van der Waals surface area contributed by atoms with Gasteiger partial charge in [-0.15, -0.1) is 0 Å². The molecule has 0 fully saturated rings. The number of benzene rings is 1. The number of carbonyl (C=O) groups is 1. The number of rotatable bonds is 10. The first-order valence-electron chi connectivity index (χ1n) is 6.89. The summed E-state index contributed by atoms with van der Waals surface area (Å²) in [5.41, 5.74) is 1.12. The largest absolute Gasteiger partial charge is 0.493 e. The van der Waals surface area contributed by atoms with E-state index in [2.05, 4.69) is 10.6 Å². The maximum atomic E-state index is 11.4. The molecule has 1 rings (SSSR count). The molecule has 1 aromatic rings. The molecule has 0 unspecified atom stereocenters. The molecule has 20 heavy (non-hydrogen) atoms. The van der Waals surface area contributed by atoms with Gasteiger partial charge < -0.3 is 20.1 Å². The fourth-order valence-corrected chi connectivity index (χ4v) is 1.64. The normalized spacial score (nSPS) is 10.3. The Kier molecular flexibility index (Phi) is 8.42. The van der Waals surface area contributed by atoms with Crippen molar-refractivity contribution in [1.82, 2.24) is 10.6 Å². The maximum Gasteiger partial charge on any atom is 0.233 e. The van der Waals surface area contributed by atoms with Crippen LogP contribution in [0.4, 0.5) is 0 Å². The van der Waals surface area contributed by atoms with Crippen molar-refractivity contribution in [3.05, 3.63) is 29.8 Å². The minimum absolute atomic E-state index is 0.00278. The summed E-state index contributed by atoms with van der Waals surface area (Å²) in [6, 6.07) is 7.91. The number of methoxy groups -OCH3 is 1. The summed E-state index contributed by atoms with van der Waals surface area (Å²) in [6.07, 6.45) is 0.790. The predicted molar refractivity (Wildman–Crippen MR) is 79.0 cm³/mol. The van der Waals surface area contributed by atoms with E-state index < -0.39 is 0 Å². The molecule has 0 aliphatic heterocycles. The molecule has 2 N–H and O–H groups in total. The van der Waals surface area contributed by atoms with E-state index in [1.54, 1.807) is 7.11 Å². The second-order valence-electron chi connectivity index (χ2n) is 4.49. The molecule has 1 aromatic carbocycles. The number of aryl methyl sites for hydroxylation is 1. The zero-order valence-corrected chi connectivity index (χ0v) is 12.3. The van der Waals surface area contributed by atoms with Gasteiger partial charge in [0.25, 0.3) is 0 Å². The topological polar surface area (TPSA) is 59.6 Å². The van der Waals surface area contributed by atoms with E-state index in [0.717, 1.165) is 17.7 Å². The lowest BCUT2D eigenvalue weighted by Crippen LogP contribution is -2.36. The smallest absolute Gasteiger partial charge is 0.233 e. The fourth-order valence-electron chi connectivity index (χ4n) is 1.64. The van der Waals surface area contributed by atoms with Gasteiger partial charge in [-0.05, 0) is 25.0 Å². The Morgan fingerprint density at radius 2 is 2.00 bits per heavy atom. The average Bonchev–Trinajstić information content (AvgIpc) is 2.45. The van der Waals surface area contributed by atoms with Gasteiger partial charge in [0.05, 0.1) is 19.8 Å². The molecule has 0 radical (unpaired) electrons. The number of ether oxygens (including phenoxy) is 2. The number of carbonyl (C=O) groups excluding carboxylic acids is 1. The van der Waals surface area contributed by atoms with E-state index in [4.69, 9.17) is 9.47 Å². The molecular formula is C15H24N2O3. The Labute approximate surface area is 120 Å². The molecule has 5 nitrogen and oxygen atoms in total. The fraction of sp³-hybridized carbons (Fsp3) is 0.533. The first kappa shape index (κ1) is 16.5. The van der Waals surface area contributed by atoms with E-state index in [9.17, 15) is 4.79 Å². The van der Waals surface area contributed by atoms with Gasteiger partial charge in [-0.3, -0.25) is 4.79 Å². The van der Waals surface area contributed by atoms with Crippen molar-refractivity contribution in [3.63, 3.8) is 0 Å². The maximum absolute atomic E-state index is 11.4. The van der Waals surface area contributed by atoms with Crippen molar-refractivity contribution in [1.29, 1.82) is 0 Å². The van der Waals surface area contributed by atoms with Crippen LogP contribution in [0.25, 0.3) is 0 Å². The summed E-state index contributed by atoms with van der Waals surface area (Å²) in [5, 5.41) is 5.83. The molecule has 0 aliphatic carbocycles. The van der Waals surface area contributed by atoms with Gasteiger partial charge >= 0.3 is 0 Å². The molecule has 1 amide bonds. The highest BCUT2D eigenvalue weighted by Crippen LogP contribution is 2.15. The van der Waals surface area contributed by atoms with Gasteiger partial charge in [-0.25, -0.2) is 0 Å². The summed E-state index contributed by atoms with van der Waals surface area (Å²) in [4.78, 5) is 11.4. The highest BCUT2D eigenvalue weighted by molar-refractivity contribution is 5.77. The molecular weight excluding hydrogens is 256 g/mol. The van der Waals surface area contributed by atoms with Crippen molar-refractivity contribution in [3.8, 4) is 5.75 Å². The van der Waals surface area contributed by atoms with E-state index in [1.165, 1.54) is 0 Å². The zero-order chi connectivity index (χ0) is 14.6. The predicted octanol–water partition coefficient (Wildman–Crippen LogP) is 1.12. The Hall–Kier alpha value is -1.59. The molecule has 0 atom stereocenters. The van der Waals surface area contributed by atoms with Crippen molar-refractivity contribution < 1.29 is 14.3 Å². The molecule has 112 valence electrons. The zero-order valence-electron chi connectivity index (χ0n) is 12.3. The number of nitrogens with one attached hydrogen (secondary N) is 2. The van der Waals surface area contributed by atoms with E-state index in [-0.39, 0.29) is 5.91 Å². The monoisotopic (exact) mass is 280 g/mol. The van der Waals surface area contributed by atoms with Gasteiger partial charge in [0.15, 0.2) is 0 Å². The van der Waals surface area contributed by atoms with E-state index in [1.807, 2.05) is 31.2 Å². The second kappa shape index (κ2) is 10.2. The van der Waals surface area contributed by atoms with Gasteiger partial charge in [0.2, 0.25) is 5.91 Å². The van der Waals surface area contributed by atoms with Crippen LogP contribution in [0.1, 0.15) is 12.0 Å². The second-order valence-corrected chi connectivity index (χ2v) is 4.49. The summed E-state index contributed by atoms with van der Waals surface area (Å²) < 4.78 is 10.5. The van der Waals surface area contributed by atoms with Gasteiger partial charge in [0, 0.05) is 20.2 Å². The number of hydrogen-bond donors (Lipinski definition) is 2. The van der Waals surface area contributed by atoms with Gasteiger partial charge in [0.1, 0.15) is 5.75 Å². The summed E-state index contributed by atoms with van der Waals surface area (Å²) >= 11 is 0. The molecule has 0 spiro atoms. The van der Waals surface area contributed by atoms with Crippen molar-refractivity contribution in [2.45, 2.75) is 13.3 Å². The third kappa shape index (κ3) is 7.11. The Morgan fingerprint density at radius 1 is 1.20 bits per heavy atom. The molecule has 0 saturated heterocycles. The number of amides is 1. The molecule has 0 heterocycles. The van der Waals surface area contributed by atoms with Crippen LogP contribution < -0.4 is 15.4 Å². The van der Waals surface area contributed by atoms with Crippen LogP contribution in [0.15, 0.2) is 24.3 Å². The van der Waals surface area contributed by atoms with Gasteiger partial charge in [-0.2, -0.15) is 0 Å². The number of hydrogen-bond acceptors (Lipinski definition) is 4. The minimum Gasteiger partial charge on any atom is -0.493 e. The van der Waals surface area contributed by atoms with Crippen LogP contribution in [0.3, 0.4) is 0 Å². The summed E-state index contributed by atoms with van der Waals surface area (Å²) in [5.74, 6) is 0.900. The first-order chi connectivity index (χ1) is 9.74. The standard InChI is InChI=1S/C15H24N2O3/c1-13-6-3-4-7-14(13)20-10-5-8-17-15(18)12-16-9-11-19-2/h3-4,6-7,16H,5,8-12H2,1-2H3,(H,17,18). The Bertz CT molecular complexity index is 396. The van der Waals surface area contributed by atoms with Crippen LogP contribution in [0.2, 0.25) is 0 Å². The Morgan fingerprint density at radius 3 is 2.75 bits per heavy atom. The van der Waals surface area contributed by atoms with Crippen LogP contribution in [0, 0.1) is 6.92 Å². The van der Waals surface area contributed by atoms with E-state index in [0.29, 0.717) is 32.8 Å². The highest BCUT2D eigenvalue weighted by Gasteiger charge is 2.00. The summed E-state index contributed by atoms with van der Waals surface area (Å²) in [7, 11) is 1.64. The molecule has 0 aromatic heterocycles. The van der Waals surface area contributed by atoms with Crippen LogP contribution in [-0.4, -0.2) is 45.9 Å². The Balaban J connectivity index is 2.02. The van der Waals surface area contributed by atoms with Crippen molar-refractivity contribution >= 4 is 5.91 Å². The lowest BCUT2D eigenvalue weighted by molar-refractivity contribution is -0.120. The van der Waals surface area contributed by atoms with Crippen molar-refractivity contribution in [2.75, 3.05) is 40.0 Å². The number of para-hydroxylation sites is 1. The minimum atomic E-state index is -0.00278. The lowest BCUT2D eigenvalue weighted by Gasteiger charge is -2.09. The quantitative estimate of drug-likeness (QED) is 0.631. The van der Waals surface area contributed by atoms with Crippen molar-refractivity contribution in [2.24, 2.45) is 0 Å². The van der Waals surface area contributed by atoms with Gasteiger partial charge in [-0.1, -0.05) is 18.2 Å². The highest BCUT2D eigenvalue weighted by atomic mass is 16.5. The third-order valence-corrected chi connectivity index (χ3v) is 2.76. The first-order valence-corrected chi connectivity index (χ1v) is 6.89. The molecule has 0 saturated carbocycles. The molecule has 0 bridgehead atoms. The SMILES string of the molecule is COCCNCC(=O)NCCCOc1ccccc1C. The molecule has 5 heteroatoms. The van der Waals surface area contributed by atoms with E-state index >= 15 is 0 Å². The third-order valence-electron chi connectivity index (χ3n) is 2.76. The van der Waals surface area contributed by atoms with Crippen LogP contribution in [0.5, 0.6) is 5.75 Å². The molecule has 0 aliphatic rings. The van der Waals surface area contributed by atoms with Crippen LogP contribution >= 0.6 is 0 Å².